The molecule has 0 spiro atoms. The Labute approximate surface area is 107 Å². The van der Waals surface area contributed by atoms with Gasteiger partial charge >= 0.3 is 0 Å². The summed E-state index contributed by atoms with van der Waals surface area (Å²) < 4.78 is 0. The summed E-state index contributed by atoms with van der Waals surface area (Å²) in [5.74, 6) is 0. The lowest BCUT2D eigenvalue weighted by molar-refractivity contribution is 0.584. The predicted octanol–water partition coefficient (Wildman–Crippen LogP) is 3.24. The Morgan fingerprint density at radius 2 is 1.94 bits per heavy atom. The molecule has 0 fully saturated rings. The molecule has 17 heavy (non-hydrogen) atoms. The number of hydrogen-bond donors (Lipinski definition) is 1. The van der Waals surface area contributed by atoms with Crippen LogP contribution in [0.4, 0.5) is 0 Å². The van der Waals surface area contributed by atoms with Gasteiger partial charge in [-0.1, -0.05) is 41.9 Å². The van der Waals surface area contributed by atoms with Gasteiger partial charge in [0.25, 0.3) is 0 Å². The average molecular weight is 247 g/mol. The second-order valence-electron chi connectivity index (χ2n) is 3.89. The van der Waals surface area contributed by atoms with Crippen molar-refractivity contribution in [1.29, 1.82) is 0 Å². The molecule has 1 N–H and O–H groups in total. The fourth-order valence-electron chi connectivity index (χ4n) is 1.83. The van der Waals surface area contributed by atoms with Crippen LogP contribution in [0.2, 0.25) is 5.02 Å². The highest BCUT2D eigenvalue weighted by Gasteiger charge is 2.12. The highest BCUT2D eigenvalue weighted by molar-refractivity contribution is 6.31. The average Bonchev–Trinajstić information content (AvgIpc) is 2.39. The van der Waals surface area contributed by atoms with Gasteiger partial charge in [-0.25, -0.2) is 0 Å². The molecule has 0 aliphatic heterocycles. The zero-order chi connectivity index (χ0) is 12.1. The molecule has 1 unspecified atom stereocenters. The first-order valence-corrected chi connectivity index (χ1v) is 6.00. The number of nitrogens with one attached hydrogen (secondary N) is 1. The van der Waals surface area contributed by atoms with E-state index in [0.29, 0.717) is 0 Å². The van der Waals surface area contributed by atoms with E-state index in [1.165, 1.54) is 5.56 Å². The second kappa shape index (κ2) is 5.80. The Balaban J connectivity index is 2.19. The van der Waals surface area contributed by atoms with E-state index in [0.717, 1.165) is 17.1 Å². The smallest absolute Gasteiger partial charge is 0.0622 e. The van der Waals surface area contributed by atoms with E-state index in [-0.39, 0.29) is 6.04 Å². The Morgan fingerprint density at radius 1 is 1.18 bits per heavy atom. The van der Waals surface area contributed by atoms with Crippen LogP contribution in [0.5, 0.6) is 0 Å². The Hall–Kier alpha value is -1.38. The maximum absolute atomic E-state index is 6.12. The predicted molar refractivity (Wildman–Crippen MR) is 71.2 cm³/mol. The molecule has 1 aromatic heterocycles. The lowest BCUT2D eigenvalue weighted by Gasteiger charge is -2.16. The third-order valence-corrected chi connectivity index (χ3v) is 3.13. The zero-order valence-electron chi connectivity index (χ0n) is 9.73. The van der Waals surface area contributed by atoms with Gasteiger partial charge in [-0.2, -0.15) is 0 Å². The van der Waals surface area contributed by atoms with E-state index in [9.17, 15) is 0 Å². The molecule has 2 rings (SSSR count). The fourth-order valence-corrected chi connectivity index (χ4v) is 2.03. The summed E-state index contributed by atoms with van der Waals surface area (Å²) in [6.45, 7) is 0. The van der Waals surface area contributed by atoms with E-state index < -0.39 is 0 Å². The minimum atomic E-state index is 0.239. The van der Waals surface area contributed by atoms with Crippen molar-refractivity contribution in [3.8, 4) is 0 Å². The summed E-state index contributed by atoms with van der Waals surface area (Å²) >= 11 is 6.12. The molecule has 0 aliphatic carbocycles. The summed E-state index contributed by atoms with van der Waals surface area (Å²) in [5, 5.41) is 4.02. The normalized spacial score (nSPS) is 12.4. The minimum Gasteiger partial charge on any atom is -0.313 e. The second-order valence-corrected chi connectivity index (χ2v) is 4.30. The molecule has 0 saturated heterocycles. The highest BCUT2D eigenvalue weighted by Crippen LogP contribution is 2.21. The van der Waals surface area contributed by atoms with Crippen LogP contribution in [0.25, 0.3) is 0 Å². The van der Waals surface area contributed by atoms with Crippen molar-refractivity contribution < 1.29 is 0 Å². The molecule has 0 bridgehead atoms. The molecule has 0 radical (unpaired) electrons. The number of halogens is 1. The summed E-state index contributed by atoms with van der Waals surface area (Å²) in [4.78, 5) is 4.32. The van der Waals surface area contributed by atoms with Crippen molar-refractivity contribution in [1.82, 2.24) is 10.3 Å². The Morgan fingerprint density at radius 3 is 2.59 bits per heavy atom. The Kier molecular flexibility index (Phi) is 4.13. The number of aromatic nitrogens is 1. The molecule has 1 heterocycles. The van der Waals surface area contributed by atoms with Gasteiger partial charge in [0.15, 0.2) is 0 Å². The number of benzene rings is 1. The van der Waals surface area contributed by atoms with Gasteiger partial charge in [-0.05, 0) is 24.7 Å². The lowest BCUT2D eigenvalue weighted by atomic mass is 10.0. The molecular formula is C14H15ClN2. The van der Waals surface area contributed by atoms with Gasteiger partial charge in [-0.15, -0.1) is 0 Å². The van der Waals surface area contributed by atoms with Crippen LogP contribution < -0.4 is 5.32 Å². The maximum Gasteiger partial charge on any atom is 0.0622 e. The third kappa shape index (κ3) is 3.05. The molecule has 0 saturated carbocycles. The van der Waals surface area contributed by atoms with E-state index in [1.807, 2.05) is 37.4 Å². The van der Waals surface area contributed by atoms with Crippen LogP contribution >= 0.6 is 11.6 Å². The number of rotatable bonds is 4. The quantitative estimate of drug-likeness (QED) is 0.896. The SMILES string of the molecule is CNC(Cc1ncccc1Cl)c1ccccc1. The monoisotopic (exact) mass is 246 g/mol. The van der Waals surface area contributed by atoms with Crippen molar-refractivity contribution >= 4 is 11.6 Å². The molecule has 1 aromatic carbocycles. The van der Waals surface area contributed by atoms with Gasteiger partial charge in [0.1, 0.15) is 0 Å². The van der Waals surface area contributed by atoms with Crippen LogP contribution in [-0.4, -0.2) is 12.0 Å². The number of hydrogen-bond acceptors (Lipinski definition) is 2. The van der Waals surface area contributed by atoms with Crippen molar-refractivity contribution in [2.45, 2.75) is 12.5 Å². The van der Waals surface area contributed by atoms with Crippen molar-refractivity contribution in [3.05, 3.63) is 64.9 Å². The van der Waals surface area contributed by atoms with Crippen molar-refractivity contribution in [2.75, 3.05) is 7.05 Å². The summed E-state index contributed by atoms with van der Waals surface area (Å²) in [7, 11) is 1.95. The van der Waals surface area contributed by atoms with E-state index in [1.54, 1.807) is 6.20 Å². The van der Waals surface area contributed by atoms with E-state index >= 15 is 0 Å². The summed E-state index contributed by atoms with van der Waals surface area (Å²) in [6, 6.07) is 14.3. The number of pyridine rings is 1. The van der Waals surface area contributed by atoms with Crippen LogP contribution in [0.1, 0.15) is 17.3 Å². The number of likely N-dealkylation sites (N-methyl/N-ethyl adjacent to an activating group) is 1. The van der Waals surface area contributed by atoms with Gasteiger partial charge in [0.05, 0.1) is 10.7 Å². The largest absolute Gasteiger partial charge is 0.313 e. The van der Waals surface area contributed by atoms with Gasteiger partial charge < -0.3 is 5.32 Å². The molecule has 0 aliphatic rings. The molecule has 1 atom stereocenters. The van der Waals surface area contributed by atoms with Crippen LogP contribution in [-0.2, 0) is 6.42 Å². The number of nitrogens with zero attached hydrogens (tertiary/aromatic N) is 1. The summed E-state index contributed by atoms with van der Waals surface area (Å²) in [5.41, 5.74) is 2.18. The molecule has 2 nitrogen and oxygen atoms in total. The first kappa shape index (κ1) is 12.1. The third-order valence-electron chi connectivity index (χ3n) is 2.78. The van der Waals surface area contributed by atoms with Gasteiger partial charge in [-0.3, -0.25) is 4.98 Å². The standard InChI is InChI=1S/C14H15ClN2/c1-16-13(11-6-3-2-4-7-11)10-14-12(15)8-5-9-17-14/h2-9,13,16H,10H2,1H3. The zero-order valence-corrected chi connectivity index (χ0v) is 10.5. The van der Waals surface area contributed by atoms with Crippen LogP contribution in [0, 0.1) is 0 Å². The minimum absolute atomic E-state index is 0.239. The molecule has 2 aromatic rings. The summed E-state index contributed by atoms with van der Waals surface area (Å²) in [6.07, 6.45) is 2.57. The Bertz CT molecular complexity index is 471. The van der Waals surface area contributed by atoms with Gasteiger partial charge in [0, 0.05) is 18.7 Å². The molecule has 3 heteroatoms. The lowest BCUT2D eigenvalue weighted by Crippen LogP contribution is -2.19. The highest BCUT2D eigenvalue weighted by atomic mass is 35.5. The molecule has 0 amide bonds. The van der Waals surface area contributed by atoms with Crippen LogP contribution in [0.3, 0.4) is 0 Å². The van der Waals surface area contributed by atoms with E-state index in [4.69, 9.17) is 11.6 Å². The van der Waals surface area contributed by atoms with Crippen molar-refractivity contribution in [2.24, 2.45) is 0 Å². The molecular weight excluding hydrogens is 232 g/mol. The topological polar surface area (TPSA) is 24.9 Å². The maximum atomic E-state index is 6.12. The molecule has 88 valence electrons. The van der Waals surface area contributed by atoms with Crippen LogP contribution in [0.15, 0.2) is 48.7 Å². The van der Waals surface area contributed by atoms with E-state index in [2.05, 4.69) is 22.4 Å². The fraction of sp³-hybridized carbons (Fsp3) is 0.214. The van der Waals surface area contributed by atoms with Gasteiger partial charge in [0.2, 0.25) is 0 Å². The first-order valence-electron chi connectivity index (χ1n) is 5.63. The first-order chi connectivity index (χ1) is 8.31. The van der Waals surface area contributed by atoms with Crippen molar-refractivity contribution in [3.63, 3.8) is 0 Å².